The quantitative estimate of drug-likeness (QED) is 0.633. The Morgan fingerprint density at radius 3 is 2.03 bits per heavy atom. The van der Waals surface area contributed by atoms with E-state index in [1.165, 1.54) is 0 Å². The van der Waals surface area contributed by atoms with E-state index < -0.39 is 5.41 Å². The van der Waals surface area contributed by atoms with Gasteiger partial charge in [-0.05, 0) is 71.1 Å². The second kappa shape index (κ2) is 7.71. The molecule has 4 rings (SSSR count). The summed E-state index contributed by atoms with van der Waals surface area (Å²) in [7, 11) is 0. The summed E-state index contributed by atoms with van der Waals surface area (Å²) in [4.78, 5) is 26.2. The first-order valence-electron chi connectivity index (χ1n) is 10.8. The summed E-state index contributed by atoms with van der Waals surface area (Å²) >= 11 is 0. The first-order valence-corrected chi connectivity index (χ1v) is 10.8. The Morgan fingerprint density at radius 2 is 1.52 bits per heavy atom. The van der Waals surface area contributed by atoms with Gasteiger partial charge >= 0.3 is 5.97 Å². The molecule has 2 saturated heterocycles. The van der Waals surface area contributed by atoms with E-state index in [9.17, 15) is 9.59 Å². The molecule has 2 heterocycles. The molecule has 2 aliphatic heterocycles. The zero-order chi connectivity index (χ0) is 21.7. The fourth-order valence-electron chi connectivity index (χ4n) is 4.99. The highest BCUT2D eigenvalue weighted by Gasteiger charge is 2.60. The van der Waals surface area contributed by atoms with E-state index in [0.29, 0.717) is 11.3 Å². The zero-order valence-electron chi connectivity index (χ0n) is 19.0. The van der Waals surface area contributed by atoms with Crippen LogP contribution in [0.2, 0.25) is 0 Å². The summed E-state index contributed by atoms with van der Waals surface area (Å²) in [5.41, 5.74) is 4.17. The van der Waals surface area contributed by atoms with Crippen molar-refractivity contribution in [3.63, 3.8) is 0 Å². The van der Waals surface area contributed by atoms with Crippen LogP contribution in [-0.4, -0.2) is 24.0 Å². The summed E-state index contributed by atoms with van der Waals surface area (Å²) < 4.78 is 12.0. The summed E-state index contributed by atoms with van der Waals surface area (Å²) in [5, 5.41) is 0. The third kappa shape index (κ3) is 3.56. The Hall–Kier alpha value is -1.94. The van der Waals surface area contributed by atoms with Crippen molar-refractivity contribution in [3.8, 4) is 0 Å². The average Bonchev–Trinajstić information content (AvgIpc) is 3.30. The van der Waals surface area contributed by atoms with Crippen LogP contribution in [-0.2, 0) is 19.1 Å². The number of rotatable bonds is 2. The van der Waals surface area contributed by atoms with E-state index in [4.69, 9.17) is 9.47 Å². The van der Waals surface area contributed by atoms with Gasteiger partial charge in [0.15, 0.2) is 5.78 Å². The summed E-state index contributed by atoms with van der Waals surface area (Å²) in [5.74, 6) is -0.000874. The molecule has 1 aromatic rings. The molecule has 158 valence electrons. The maximum absolute atomic E-state index is 13.5. The van der Waals surface area contributed by atoms with E-state index in [1.807, 2.05) is 48.5 Å². The van der Waals surface area contributed by atoms with Crippen molar-refractivity contribution in [2.24, 2.45) is 17.3 Å². The lowest BCUT2D eigenvalue weighted by Gasteiger charge is -2.24. The maximum Gasteiger partial charge on any atom is 0.316 e. The fraction of sp³-hybridized carbons (Fsp3) is 0.600. The highest BCUT2D eigenvalue weighted by Crippen LogP contribution is 2.55. The third-order valence-corrected chi connectivity index (χ3v) is 6.11. The number of ether oxygens (including phenoxy) is 2. The largest absolute Gasteiger partial charge is 0.429 e. The Morgan fingerprint density at radius 1 is 1.00 bits per heavy atom. The van der Waals surface area contributed by atoms with Crippen LogP contribution in [0.3, 0.4) is 0 Å². The van der Waals surface area contributed by atoms with Crippen LogP contribution in [0.5, 0.6) is 0 Å². The number of fused-ring (bicyclic) bond motifs is 5. The van der Waals surface area contributed by atoms with Crippen LogP contribution in [0, 0.1) is 38.0 Å². The molecule has 0 saturated carbocycles. The van der Waals surface area contributed by atoms with Crippen molar-refractivity contribution in [3.05, 3.63) is 40.1 Å². The SMILES string of the molecule is CC.Cc1cc(C)c(C2=C(OC(=O)C(C)(C)C)[C@@H]3C4CCC(O4)[C@@H]3C2=O)c(C)c1. The van der Waals surface area contributed by atoms with Gasteiger partial charge < -0.3 is 9.47 Å². The molecule has 4 heteroatoms. The predicted octanol–water partition coefficient (Wildman–Crippen LogP) is 5.31. The molecule has 3 aliphatic rings. The van der Waals surface area contributed by atoms with E-state index in [1.54, 1.807) is 0 Å². The Labute approximate surface area is 174 Å². The number of Topliss-reactive ketones (excluding diaryl/α,β-unsaturated/α-hetero) is 1. The normalized spacial score (nSPS) is 27.7. The van der Waals surface area contributed by atoms with Gasteiger partial charge in [0.05, 0.1) is 35.0 Å². The number of ketones is 1. The smallest absolute Gasteiger partial charge is 0.316 e. The summed E-state index contributed by atoms with van der Waals surface area (Å²) in [6, 6.07) is 4.18. The molecule has 1 aliphatic carbocycles. The van der Waals surface area contributed by atoms with Gasteiger partial charge in [0.1, 0.15) is 5.76 Å². The van der Waals surface area contributed by atoms with Crippen LogP contribution in [0.4, 0.5) is 0 Å². The molecule has 0 amide bonds. The molecule has 0 spiro atoms. The molecule has 2 fully saturated rings. The topological polar surface area (TPSA) is 52.6 Å². The van der Waals surface area contributed by atoms with Gasteiger partial charge in [-0.1, -0.05) is 31.5 Å². The molecule has 29 heavy (non-hydrogen) atoms. The zero-order valence-corrected chi connectivity index (χ0v) is 19.0. The van der Waals surface area contributed by atoms with Crippen molar-refractivity contribution in [1.82, 2.24) is 0 Å². The first kappa shape index (κ1) is 21.8. The average molecular weight is 399 g/mol. The highest BCUT2D eigenvalue weighted by atomic mass is 16.5. The van der Waals surface area contributed by atoms with Gasteiger partial charge in [-0.25, -0.2) is 0 Å². The highest BCUT2D eigenvalue weighted by molar-refractivity contribution is 6.26. The van der Waals surface area contributed by atoms with E-state index in [2.05, 4.69) is 19.1 Å². The van der Waals surface area contributed by atoms with E-state index >= 15 is 0 Å². The molecule has 0 aromatic heterocycles. The van der Waals surface area contributed by atoms with Gasteiger partial charge in [-0.3, -0.25) is 9.59 Å². The van der Waals surface area contributed by atoms with Crippen LogP contribution >= 0.6 is 0 Å². The second-order valence-electron chi connectivity index (χ2n) is 9.36. The summed E-state index contributed by atoms with van der Waals surface area (Å²) in [6.45, 7) is 15.6. The first-order chi connectivity index (χ1) is 13.6. The van der Waals surface area contributed by atoms with Crippen LogP contribution in [0.15, 0.2) is 17.9 Å². The number of allylic oxidation sites excluding steroid dienone is 1. The minimum Gasteiger partial charge on any atom is -0.429 e. The number of carbonyl (C=O) groups is 2. The van der Waals surface area contributed by atoms with E-state index in [0.717, 1.165) is 35.1 Å². The molecule has 2 unspecified atom stereocenters. The Kier molecular flexibility index (Phi) is 5.79. The van der Waals surface area contributed by atoms with Gasteiger partial charge in [-0.15, -0.1) is 0 Å². The van der Waals surface area contributed by atoms with Crippen molar-refractivity contribution in [1.29, 1.82) is 0 Å². The van der Waals surface area contributed by atoms with E-state index in [-0.39, 0.29) is 35.8 Å². The third-order valence-electron chi connectivity index (χ3n) is 6.11. The molecule has 0 N–H and O–H groups in total. The lowest BCUT2D eigenvalue weighted by molar-refractivity contribution is -0.149. The number of esters is 1. The molecular weight excluding hydrogens is 364 g/mol. The molecule has 4 atom stereocenters. The van der Waals surface area contributed by atoms with Crippen molar-refractivity contribution in [2.75, 3.05) is 0 Å². The number of aryl methyl sites for hydroxylation is 3. The molecule has 4 nitrogen and oxygen atoms in total. The van der Waals surface area contributed by atoms with Crippen molar-refractivity contribution < 1.29 is 19.1 Å². The minimum atomic E-state index is -0.630. The second-order valence-corrected chi connectivity index (χ2v) is 9.36. The fourth-order valence-corrected chi connectivity index (χ4v) is 4.99. The number of benzene rings is 1. The number of hydrogen-bond donors (Lipinski definition) is 0. The van der Waals surface area contributed by atoms with Gasteiger partial charge in [0, 0.05) is 0 Å². The van der Waals surface area contributed by atoms with Gasteiger partial charge in [0.25, 0.3) is 0 Å². The Bertz CT molecular complexity index is 848. The van der Waals surface area contributed by atoms with Crippen LogP contribution < -0.4 is 0 Å². The molecule has 0 radical (unpaired) electrons. The lowest BCUT2D eigenvalue weighted by atomic mass is 9.80. The van der Waals surface area contributed by atoms with Crippen LogP contribution in [0.25, 0.3) is 5.57 Å². The minimum absolute atomic E-state index is 0.0183. The standard InChI is InChI=1S/C23H28O4.C2H6/c1-11-9-12(2)16(13(3)10-11)19-20(24)17-14-7-8-15(26-14)18(17)21(19)27-22(25)23(4,5)6;1-2/h9-10,14-15,17-18H,7-8H2,1-6H3;1-2H3/t14?,15?,17-,18+;/m0./s1. The maximum atomic E-state index is 13.5. The number of carbonyl (C=O) groups excluding carboxylic acids is 2. The number of hydrogen-bond acceptors (Lipinski definition) is 4. The van der Waals surface area contributed by atoms with Gasteiger partial charge in [0.2, 0.25) is 0 Å². The lowest BCUT2D eigenvalue weighted by Crippen LogP contribution is -2.31. The van der Waals surface area contributed by atoms with Crippen molar-refractivity contribution in [2.45, 2.75) is 80.4 Å². The van der Waals surface area contributed by atoms with Crippen molar-refractivity contribution >= 4 is 17.3 Å². The van der Waals surface area contributed by atoms with Crippen LogP contribution in [0.1, 0.15) is 69.7 Å². The molecule has 2 bridgehead atoms. The predicted molar refractivity (Wildman–Crippen MR) is 114 cm³/mol. The molecule has 1 aromatic carbocycles. The Balaban J connectivity index is 0.00000117. The summed E-state index contributed by atoms with van der Waals surface area (Å²) in [6.07, 6.45) is 1.78. The van der Waals surface area contributed by atoms with Gasteiger partial charge in [-0.2, -0.15) is 0 Å². The monoisotopic (exact) mass is 398 g/mol. The molecular formula is C25H34O4.